The van der Waals surface area contributed by atoms with Gasteiger partial charge in [-0.1, -0.05) is 11.6 Å². The van der Waals surface area contributed by atoms with E-state index in [1.165, 1.54) is 41.5 Å². The first kappa shape index (κ1) is 27.0. The third-order valence-electron chi connectivity index (χ3n) is 5.22. The van der Waals surface area contributed by atoms with Crippen LogP contribution in [-0.2, 0) is 17.9 Å². The van der Waals surface area contributed by atoms with Crippen LogP contribution in [-0.4, -0.2) is 71.0 Å². The monoisotopic (exact) mass is 551 g/mol. The number of carbonyl (C=O) groups excluding carboxylic acids is 1. The van der Waals surface area contributed by atoms with E-state index in [4.69, 9.17) is 11.6 Å². The number of hydrogen-bond acceptors (Lipinski definition) is 8. The van der Waals surface area contributed by atoms with Crippen LogP contribution in [0.25, 0.3) is 17.1 Å². The molecule has 38 heavy (non-hydrogen) atoms. The first-order chi connectivity index (χ1) is 18.1. The zero-order valence-corrected chi connectivity index (χ0v) is 20.5. The number of nitrogens with one attached hydrogen (secondary N) is 2. The summed E-state index contributed by atoms with van der Waals surface area (Å²) in [4.78, 5) is 33.3. The van der Waals surface area contributed by atoms with Gasteiger partial charge in [0.05, 0.1) is 13.1 Å². The first-order valence-corrected chi connectivity index (χ1v) is 11.4. The Labute approximate surface area is 217 Å². The summed E-state index contributed by atoms with van der Waals surface area (Å²) in [6.07, 6.45) is -4.92. The molecule has 3 heterocycles. The predicted octanol–water partition coefficient (Wildman–Crippen LogP) is 1.47. The van der Waals surface area contributed by atoms with E-state index in [0.717, 1.165) is 9.25 Å². The van der Waals surface area contributed by atoms with Gasteiger partial charge < -0.3 is 15.7 Å². The van der Waals surface area contributed by atoms with Gasteiger partial charge in [-0.3, -0.25) is 9.36 Å². The Kier molecular flexibility index (Phi) is 7.89. The van der Waals surface area contributed by atoms with Crippen LogP contribution in [0.4, 0.5) is 19.0 Å². The van der Waals surface area contributed by atoms with Crippen molar-refractivity contribution in [2.45, 2.75) is 25.4 Å². The van der Waals surface area contributed by atoms with Gasteiger partial charge in [0.15, 0.2) is 23.6 Å². The summed E-state index contributed by atoms with van der Waals surface area (Å²) in [5.74, 6) is -0.110. The first-order valence-electron chi connectivity index (χ1n) is 11.1. The smallest absolute Gasteiger partial charge is 0.382 e. The Hall–Kier alpha value is -4.08. The summed E-state index contributed by atoms with van der Waals surface area (Å²) >= 11 is 5.90. The normalized spacial score (nSPS) is 12.5. The Morgan fingerprint density at radius 3 is 2.58 bits per heavy atom. The highest BCUT2D eigenvalue weighted by Gasteiger charge is 2.39. The highest BCUT2D eigenvalue weighted by atomic mass is 35.5. The summed E-state index contributed by atoms with van der Waals surface area (Å²) in [7, 11) is 1.62. The highest BCUT2D eigenvalue weighted by Crippen LogP contribution is 2.24. The summed E-state index contributed by atoms with van der Waals surface area (Å²) in [5, 5.41) is 23.8. The fourth-order valence-electron chi connectivity index (χ4n) is 3.43. The topological polar surface area (TPSA) is 145 Å². The zero-order chi connectivity index (χ0) is 27.4. The minimum absolute atomic E-state index is 0.0587. The molecule has 4 rings (SSSR count). The minimum atomic E-state index is -4.94. The predicted molar refractivity (Wildman–Crippen MR) is 130 cm³/mol. The van der Waals surface area contributed by atoms with Crippen LogP contribution >= 0.6 is 11.6 Å². The van der Waals surface area contributed by atoms with Gasteiger partial charge in [-0.05, 0) is 43.4 Å². The van der Waals surface area contributed by atoms with E-state index >= 15 is 0 Å². The molecule has 0 unspecified atom stereocenters. The molecule has 0 aliphatic heterocycles. The van der Waals surface area contributed by atoms with E-state index in [2.05, 4.69) is 30.8 Å². The molecule has 1 atom stereocenters. The van der Waals surface area contributed by atoms with E-state index in [0.29, 0.717) is 16.3 Å². The largest absolute Gasteiger partial charge is 0.416 e. The number of amides is 1. The fraction of sp³-hybridized carbons (Fsp3) is 0.273. The van der Waals surface area contributed by atoms with Gasteiger partial charge in [-0.2, -0.15) is 13.2 Å². The number of pyridine rings is 1. The third-order valence-corrected chi connectivity index (χ3v) is 5.47. The maximum absolute atomic E-state index is 13.1. The molecule has 4 aromatic rings. The maximum Gasteiger partial charge on any atom is 0.416 e. The fourth-order valence-corrected chi connectivity index (χ4v) is 3.56. The second-order valence-electron chi connectivity index (χ2n) is 7.99. The van der Waals surface area contributed by atoms with Gasteiger partial charge in [-0.25, -0.2) is 24.1 Å². The molecule has 3 aromatic heterocycles. The quantitative estimate of drug-likeness (QED) is 0.284. The number of rotatable bonds is 9. The molecule has 1 amide bonds. The molecule has 0 saturated heterocycles. The van der Waals surface area contributed by atoms with Crippen LogP contribution in [0.15, 0.2) is 53.7 Å². The van der Waals surface area contributed by atoms with Crippen LogP contribution in [0.2, 0.25) is 5.02 Å². The molecular weight excluding hydrogens is 531 g/mol. The second-order valence-corrected chi connectivity index (χ2v) is 8.43. The molecule has 16 heteroatoms. The number of aromatic nitrogens is 7. The van der Waals surface area contributed by atoms with E-state index in [1.807, 2.05) is 0 Å². The van der Waals surface area contributed by atoms with Gasteiger partial charge in [-0.15, -0.1) is 10.2 Å². The van der Waals surface area contributed by atoms with Crippen molar-refractivity contribution in [1.29, 1.82) is 0 Å². The van der Waals surface area contributed by atoms with Gasteiger partial charge in [0, 0.05) is 16.8 Å². The number of halogens is 4. The molecule has 0 fully saturated rings. The summed E-state index contributed by atoms with van der Waals surface area (Å²) in [5.41, 5.74) is -0.199. The molecule has 200 valence electrons. The van der Waals surface area contributed by atoms with E-state index in [9.17, 15) is 27.9 Å². The number of aliphatic hydroxyl groups excluding tert-OH is 1. The van der Waals surface area contributed by atoms with Crippen molar-refractivity contribution in [3.8, 4) is 17.1 Å². The second kappa shape index (κ2) is 11.1. The van der Waals surface area contributed by atoms with Crippen molar-refractivity contribution in [2.24, 2.45) is 0 Å². The van der Waals surface area contributed by atoms with Crippen LogP contribution in [0.1, 0.15) is 5.82 Å². The average molecular weight is 552 g/mol. The number of carbonyl (C=O) groups is 1. The molecule has 12 nitrogen and oxygen atoms in total. The number of anilines is 1. The Morgan fingerprint density at radius 1 is 1.16 bits per heavy atom. The molecule has 0 saturated carbocycles. The van der Waals surface area contributed by atoms with Gasteiger partial charge in [0.25, 0.3) is 0 Å². The Balaban J connectivity index is 1.66. The number of hydrogen-bond donors (Lipinski definition) is 3. The van der Waals surface area contributed by atoms with Crippen molar-refractivity contribution < 1.29 is 23.1 Å². The van der Waals surface area contributed by atoms with Gasteiger partial charge in [0.1, 0.15) is 18.6 Å². The van der Waals surface area contributed by atoms with Crippen LogP contribution in [0.5, 0.6) is 0 Å². The van der Waals surface area contributed by atoms with Crippen molar-refractivity contribution in [3.05, 3.63) is 70.3 Å². The SMILES string of the molecule is CNCC(=O)Nc1ncccc1-n1cnc(Cn2nc(-c3ccc(Cl)cc3)n(C[C@H](O)C(F)(F)F)c2=O)n1. The Morgan fingerprint density at radius 2 is 1.89 bits per heavy atom. The minimum Gasteiger partial charge on any atom is -0.382 e. The maximum atomic E-state index is 13.1. The van der Waals surface area contributed by atoms with E-state index in [-0.39, 0.29) is 36.5 Å². The van der Waals surface area contributed by atoms with Crippen molar-refractivity contribution in [1.82, 2.24) is 39.4 Å². The van der Waals surface area contributed by atoms with Crippen molar-refractivity contribution in [3.63, 3.8) is 0 Å². The molecule has 0 spiro atoms. The number of aliphatic hydroxyl groups is 1. The number of benzene rings is 1. The van der Waals surface area contributed by atoms with Crippen molar-refractivity contribution >= 4 is 23.3 Å². The highest BCUT2D eigenvalue weighted by molar-refractivity contribution is 6.30. The molecule has 0 aliphatic rings. The average Bonchev–Trinajstić information content (AvgIpc) is 3.45. The number of nitrogens with zero attached hydrogens (tertiary/aromatic N) is 7. The van der Waals surface area contributed by atoms with Crippen LogP contribution in [0.3, 0.4) is 0 Å². The van der Waals surface area contributed by atoms with Gasteiger partial charge >= 0.3 is 11.9 Å². The third kappa shape index (κ3) is 6.07. The van der Waals surface area contributed by atoms with E-state index < -0.39 is 24.5 Å². The molecule has 0 radical (unpaired) electrons. The standard InChI is InChI=1S/C22H21ClF3N9O3/c1-27-9-18(37)30-19-15(3-2-8-28-19)35-12-29-17(31-35)11-34-21(38)33(10-16(36)22(24,25)26)20(32-34)13-4-6-14(23)7-5-13/h2-8,12,16,27,36H,9-11H2,1H3,(H,28,30,37)/t16-/m0/s1. The lowest BCUT2D eigenvalue weighted by molar-refractivity contribution is -0.207. The summed E-state index contributed by atoms with van der Waals surface area (Å²) in [6, 6.07) is 9.23. The molecular formula is C22H21ClF3N9O3. The van der Waals surface area contributed by atoms with Gasteiger partial charge in [0.2, 0.25) is 5.91 Å². The summed E-state index contributed by atoms with van der Waals surface area (Å²) < 4.78 is 42.1. The summed E-state index contributed by atoms with van der Waals surface area (Å²) in [6.45, 7) is -1.29. The Bertz CT molecular complexity index is 1480. The van der Waals surface area contributed by atoms with E-state index in [1.54, 1.807) is 19.2 Å². The number of likely N-dealkylation sites (N-methyl/N-ethyl adjacent to an activating group) is 1. The molecule has 0 bridgehead atoms. The zero-order valence-electron chi connectivity index (χ0n) is 19.7. The lowest BCUT2D eigenvalue weighted by atomic mass is 10.2. The van der Waals surface area contributed by atoms with Crippen molar-refractivity contribution in [2.75, 3.05) is 18.9 Å². The molecule has 0 aliphatic carbocycles. The molecule has 1 aromatic carbocycles. The lowest BCUT2D eigenvalue weighted by Crippen LogP contribution is -2.37. The number of alkyl halides is 3. The lowest BCUT2D eigenvalue weighted by Gasteiger charge is -2.15. The molecule has 3 N–H and O–H groups in total. The van der Waals surface area contributed by atoms with Crippen LogP contribution < -0.4 is 16.3 Å². The van der Waals surface area contributed by atoms with Crippen LogP contribution in [0, 0.1) is 0 Å².